The molecule has 30 heavy (non-hydrogen) atoms. The summed E-state index contributed by atoms with van der Waals surface area (Å²) in [5, 5.41) is 26.1. The molecule has 0 fully saturated rings. The van der Waals surface area contributed by atoms with Gasteiger partial charge >= 0.3 is 7.12 Å². The van der Waals surface area contributed by atoms with E-state index in [9.17, 15) is 10.0 Å². The first-order valence-corrected chi connectivity index (χ1v) is 9.94. The molecule has 1 heterocycles. The Balaban J connectivity index is 1.85. The molecular formula is C26H17BO3. The van der Waals surface area contributed by atoms with Gasteiger partial charge < -0.3 is 14.5 Å². The maximum absolute atomic E-state index is 10.2. The van der Waals surface area contributed by atoms with E-state index in [-0.39, 0.29) is 0 Å². The van der Waals surface area contributed by atoms with E-state index < -0.39 is 7.12 Å². The quantitative estimate of drug-likeness (QED) is 0.315. The molecular weight excluding hydrogens is 371 g/mol. The fraction of sp³-hybridized carbons (Fsp3) is 0. The van der Waals surface area contributed by atoms with E-state index in [1.165, 1.54) is 0 Å². The summed E-state index contributed by atoms with van der Waals surface area (Å²) in [5.41, 5.74) is 4.26. The molecule has 1 aromatic heterocycles. The molecule has 6 rings (SSSR count). The van der Waals surface area contributed by atoms with E-state index >= 15 is 0 Å². The molecule has 4 heteroatoms. The third-order valence-corrected chi connectivity index (χ3v) is 5.90. The Morgan fingerprint density at radius 3 is 1.70 bits per heavy atom. The third kappa shape index (κ3) is 2.35. The Morgan fingerprint density at radius 2 is 1.07 bits per heavy atom. The number of rotatable bonds is 2. The van der Waals surface area contributed by atoms with Crippen LogP contribution >= 0.6 is 0 Å². The topological polar surface area (TPSA) is 53.6 Å². The van der Waals surface area contributed by atoms with Crippen LogP contribution in [0.3, 0.4) is 0 Å². The highest BCUT2D eigenvalue weighted by atomic mass is 16.4. The summed E-state index contributed by atoms with van der Waals surface area (Å²) < 4.78 is 6.31. The van der Waals surface area contributed by atoms with Gasteiger partial charge in [-0.15, -0.1) is 0 Å². The SMILES string of the molecule is OB(O)c1c2ccccc2c(-c2cccc3c2oc2ccccc23)c2ccccc12. The second-order valence-electron chi connectivity index (χ2n) is 7.53. The molecule has 0 unspecified atom stereocenters. The molecule has 6 aromatic rings. The van der Waals surface area contributed by atoms with Gasteiger partial charge in [0.2, 0.25) is 0 Å². The zero-order valence-electron chi connectivity index (χ0n) is 16.0. The molecule has 0 bridgehead atoms. The summed E-state index contributed by atoms with van der Waals surface area (Å²) in [6, 6.07) is 30.0. The zero-order chi connectivity index (χ0) is 20.2. The van der Waals surface area contributed by atoms with Crippen molar-refractivity contribution in [3.63, 3.8) is 0 Å². The Labute approximate surface area is 172 Å². The summed E-state index contributed by atoms with van der Waals surface area (Å²) >= 11 is 0. The van der Waals surface area contributed by atoms with E-state index in [2.05, 4.69) is 24.3 Å². The largest absolute Gasteiger partial charge is 0.489 e. The van der Waals surface area contributed by atoms with Crippen LogP contribution < -0.4 is 5.46 Å². The smallest absolute Gasteiger partial charge is 0.455 e. The Bertz CT molecular complexity index is 1520. The zero-order valence-corrected chi connectivity index (χ0v) is 16.0. The lowest BCUT2D eigenvalue weighted by atomic mass is 9.72. The predicted octanol–water partition coefficient (Wildman–Crippen LogP) is 5.24. The van der Waals surface area contributed by atoms with Gasteiger partial charge in [-0.2, -0.15) is 0 Å². The molecule has 0 saturated heterocycles. The van der Waals surface area contributed by atoms with E-state index in [0.29, 0.717) is 5.46 Å². The van der Waals surface area contributed by atoms with Crippen LogP contribution in [-0.4, -0.2) is 17.2 Å². The Morgan fingerprint density at radius 1 is 0.533 bits per heavy atom. The van der Waals surface area contributed by atoms with Gasteiger partial charge in [-0.25, -0.2) is 0 Å². The lowest BCUT2D eigenvalue weighted by molar-refractivity contribution is 0.426. The number of benzene rings is 5. The van der Waals surface area contributed by atoms with Crippen molar-refractivity contribution in [3.05, 3.63) is 91.0 Å². The molecule has 0 amide bonds. The van der Waals surface area contributed by atoms with E-state index in [1.54, 1.807) is 0 Å². The van der Waals surface area contributed by atoms with Crippen LogP contribution in [0.15, 0.2) is 95.4 Å². The fourth-order valence-corrected chi connectivity index (χ4v) is 4.67. The van der Waals surface area contributed by atoms with Crippen molar-refractivity contribution in [1.82, 2.24) is 0 Å². The number of furan rings is 1. The summed E-state index contributed by atoms with van der Waals surface area (Å²) in [4.78, 5) is 0. The minimum Gasteiger partial charge on any atom is -0.455 e. The number of hydrogen-bond donors (Lipinski definition) is 2. The van der Waals surface area contributed by atoms with Gasteiger partial charge in [-0.1, -0.05) is 84.9 Å². The van der Waals surface area contributed by atoms with Crippen molar-refractivity contribution in [1.29, 1.82) is 0 Å². The molecule has 0 radical (unpaired) electrons. The first kappa shape index (κ1) is 17.3. The van der Waals surface area contributed by atoms with Crippen LogP contribution in [0.2, 0.25) is 0 Å². The molecule has 0 aliphatic heterocycles. The number of fused-ring (bicyclic) bond motifs is 5. The standard InChI is InChI=1S/C26H17BO3/c28-27(29)25-19-11-3-1-9-17(19)24(18-10-2-4-12-20(18)25)22-14-7-13-21-16-8-5-6-15-23(16)30-26(21)22/h1-15,28-29H. The lowest BCUT2D eigenvalue weighted by Crippen LogP contribution is -2.31. The molecule has 5 aromatic carbocycles. The van der Waals surface area contributed by atoms with E-state index in [0.717, 1.165) is 54.6 Å². The highest BCUT2D eigenvalue weighted by Crippen LogP contribution is 2.41. The van der Waals surface area contributed by atoms with Crippen LogP contribution in [-0.2, 0) is 0 Å². The normalized spacial score (nSPS) is 11.7. The summed E-state index contributed by atoms with van der Waals surface area (Å²) in [7, 11) is -1.56. The van der Waals surface area contributed by atoms with Gasteiger partial charge in [0.15, 0.2) is 0 Å². The van der Waals surface area contributed by atoms with Crippen LogP contribution in [0.25, 0.3) is 54.6 Å². The van der Waals surface area contributed by atoms with Gasteiger partial charge in [0, 0.05) is 21.9 Å². The Hall–Kier alpha value is -3.60. The van der Waals surface area contributed by atoms with Crippen LogP contribution in [0.5, 0.6) is 0 Å². The van der Waals surface area contributed by atoms with Crippen molar-refractivity contribution in [2.75, 3.05) is 0 Å². The molecule has 0 atom stereocenters. The second kappa shape index (κ2) is 6.46. The monoisotopic (exact) mass is 388 g/mol. The van der Waals surface area contributed by atoms with Gasteiger partial charge in [-0.3, -0.25) is 0 Å². The third-order valence-electron chi connectivity index (χ3n) is 5.90. The number of hydrogen-bond acceptors (Lipinski definition) is 3. The summed E-state index contributed by atoms with van der Waals surface area (Å²) in [6.07, 6.45) is 0. The van der Waals surface area contributed by atoms with Crippen LogP contribution in [0.4, 0.5) is 0 Å². The summed E-state index contributed by atoms with van der Waals surface area (Å²) in [6.45, 7) is 0. The highest BCUT2D eigenvalue weighted by Gasteiger charge is 2.23. The minimum absolute atomic E-state index is 0.529. The highest BCUT2D eigenvalue weighted by molar-refractivity contribution is 6.66. The van der Waals surface area contributed by atoms with Gasteiger partial charge in [0.25, 0.3) is 0 Å². The molecule has 0 spiro atoms. The van der Waals surface area contributed by atoms with Gasteiger partial charge in [0.1, 0.15) is 11.2 Å². The first-order valence-electron chi connectivity index (χ1n) is 9.94. The number of para-hydroxylation sites is 2. The lowest BCUT2D eigenvalue weighted by Gasteiger charge is -2.17. The fourth-order valence-electron chi connectivity index (χ4n) is 4.67. The molecule has 0 aliphatic carbocycles. The maximum atomic E-state index is 10.2. The molecule has 2 N–H and O–H groups in total. The van der Waals surface area contributed by atoms with E-state index in [4.69, 9.17) is 4.42 Å². The van der Waals surface area contributed by atoms with Crippen molar-refractivity contribution >= 4 is 56.1 Å². The average molecular weight is 388 g/mol. The Kier molecular flexibility index (Phi) is 3.72. The van der Waals surface area contributed by atoms with Crippen molar-refractivity contribution in [2.24, 2.45) is 0 Å². The first-order chi connectivity index (χ1) is 14.7. The predicted molar refractivity (Wildman–Crippen MR) is 124 cm³/mol. The molecule has 0 saturated carbocycles. The van der Waals surface area contributed by atoms with Crippen LogP contribution in [0.1, 0.15) is 0 Å². The van der Waals surface area contributed by atoms with Crippen molar-refractivity contribution < 1.29 is 14.5 Å². The van der Waals surface area contributed by atoms with Crippen molar-refractivity contribution in [2.45, 2.75) is 0 Å². The summed E-state index contributed by atoms with van der Waals surface area (Å²) in [5.74, 6) is 0. The maximum Gasteiger partial charge on any atom is 0.489 e. The van der Waals surface area contributed by atoms with E-state index in [1.807, 2.05) is 66.7 Å². The van der Waals surface area contributed by atoms with Gasteiger partial charge in [-0.05, 0) is 33.1 Å². The van der Waals surface area contributed by atoms with Crippen molar-refractivity contribution in [3.8, 4) is 11.1 Å². The second-order valence-corrected chi connectivity index (χ2v) is 7.53. The van der Waals surface area contributed by atoms with Crippen LogP contribution in [0, 0.1) is 0 Å². The average Bonchev–Trinajstić information content (AvgIpc) is 3.16. The molecule has 3 nitrogen and oxygen atoms in total. The minimum atomic E-state index is -1.56. The molecule has 142 valence electrons. The van der Waals surface area contributed by atoms with Gasteiger partial charge in [0.05, 0.1) is 0 Å². The molecule has 0 aliphatic rings.